The van der Waals surface area contributed by atoms with Crippen molar-refractivity contribution in [2.24, 2.45) is 0 Å². The molecular formula is C55H30N4. The molecule has 0 aliphatic carbocycles. The molecule has 4 heteroatoms. The number of aromatic nitrogens is 4. The number of benzene rings is 9. The zero-order valence-corrected chi connectivity index (χ0v) is 31.6. The Morgan fingerprint density at radius 1 is 0.339 bits per heavy atom. The molecule has 9 aromatic carbocycles. The third kappa shape index (κ3) is 3.56. The second-order valence-corrected chi connectivity index (χ2v) is 16.3. The molecule has 0 N–H and O–H groups in total. The Bertz CT molecular complexity index is 4300. The van der Waals surface area contributed by atoms with Crippen LogP contribution in [0.2, 0.25) is 0 Å². The van der Waals surface area contributed by atoms with Crippen molar-refractivity contribution in [3.8, 4) is 16.8 Å². The molecule has 0 atom stereocenters. The molecular weight excluding hydrogens is 717 g/mol. The van der Waals surface area contributed by atoms with Crippen LogP contribution in [0.5, 0.6) is 0 Å². The van der Waals surface area contributed by atoms with Crippen molar-refractivity contribution in [3.05, 3.63) is 182 Å². The van der Waals surface area contributed by atoms with Crippen LogP contribution in [-0.2, 0) is 0 Å². The first-order chi connectivity index (χ1) is 29.3. The molecule has 0 saturated heterocycles. The number of nitrogens with zero attached hydrogens (tertiary/aromatic N) is 4. The second kappa shape index (κ2) is 10.5. The van der Waals surface area contributed by atoms with Crippen LogP contribution < -0.4 is 0 Å². The zero-order chi connectivity index (χ0) is 38.1. The second-order valence-electron chi connectivity index (χ2n) is 16.3. The average molecular weight is 747 g/mol. The maximum Gasteiger partial charge on any atom is 0.146 e. The van der Waals surface area contributed by atoms with Gasteiger partial charge in [0.05, 0.1) is 44.8 Å². The van der Waals surface area contributed by atoms with Gasteiger partial charge in [0.25, 0.3) is 0 Å². The fourth-order valence-electron chi connectivity index (χ4n) is 11.2. The van der Waals surface area contributed by atoms with Crippen molar-refractivity contribution in [2.45, 2.75) is 0 Å². The maximum atomic E-state index is 5.50. The first kappa shape index (κ1) is 30.2. The van der Waals surface area contributed by atoms with E-state index in [1.54, 1.807) is 0 Å². The summed E-state index contributed by atoms with van der Waals surface area (Å²) in [5.41, 5.74) is 13.1. The van der Waals surface area contributed by atoms with Gasteiger partial charge in [-0.3, -0.25) is 4.40 Å². The van der Waals surface area contributed by atoms with E-state index in [0.29, 0.717) is 0 Å². The molecule has 15 rings (SSSR count). The van der Waals surface area contributed by atoms with Gasteiger partial charge >= 0.3 is 0 Å². The van der Waals surface area contributed by atoms with Gasteiger partial charge in [0.1, 0.15) is 5.65 Å². The highest BCUT2D eigenvalue weighted by molar-refractivity contribution is 6.38. The quantitative estimate of drug-likeness (QED) is 0.173. The molecule has 0 radical (unpaired) electrons. The monoisotopic (exact) mass is 746 g/mol. The highest BCUT2D eigenvalue weighted by atomic mass is 15.0. The lowest BCUT2D eigenvalue weighted by Crippen LogP contribution is -1.93. The van der Waals surface area contributed by atoms with Crippen molar-refractivity contribution in [1.29, 1.82) is 0 Å². The molecule has 6 heterocycles. The van der Waals surface area contributed by atoms with E-state index in [1.807, 2.05) is 0 Å². The minimum absolute atomic E-state index is 1.000. The summed E-state index contributed by atoms with van der Waals surface area (Å²) in [6, 6.07) is 64.9. The van der Waals surface area contributed by atoms with E-state index in [1.165, 1.54) is 120 Å². The molecule has 0 amide bonds. The summed E-state index contributed by atoms with van der Waals surface area (Å²) in [5.74, 6) is 0. The molecule has 0 spiro atoms. The number of para-hydroxylation sites is 4. The van der Waals surface area contributed by atoms with Crippen LogP contribution in [0.3, 0.4) is 0 Å². The van der Waals surface area contributed by atoms with Crippen LogP contribution in [0.4, 0.5) is 0 Å². The summed E-state index contributed by atoms with van der Waals surface area (Å²) < 4.78 is 7.37. The Kier molecular flexibility index (Phi) is 5.38. The molecule has 0 saturated carbocycles. The molecule has 0 aliphatic heterocycles. The standard InChI is InChI=1S/C55H30N4/c1-2-15-34(16-3-1)57-44-23-10-8-19-37(44)41-29-33(25-26-46(41)57)48-35-17-6-4-13-31(35)27-42-38-21-12-22-40-51-50-43-28-32-14-5-7-18-36(32)49-39-20-9-11-24-45(39)58(54(43)49)47(50)30-56-55(51)59(52(38)40)53(42)48/h1-30H. The fraction of sp³-hybridized carbons (Fsp3) is 0. The number of hydrogen-bond acceptors (Lipinski definition) is 1. The fourth-order valence-corrected chi connectivity index (χ4v) is 11.2. The van der Waals surface area contributed by atoms with Gasteiger partial charge in [-0.2, -0.15) is 0 Å². The molecule has 6 aromatic heterocycles. The Morgan fingerprint density at radius 3 is 1.86 bits per heavy atom. The maximum absolute atomic E-state index is 5.50. The van der Waals surface area contributed by atoms with Gasteiger partial charge in [0.15, 0.2) is 0 Å². The summed E-state index contributed by atoms with van der Waals surface area (Å²) in [4.78, 5) is 5.50. The number of pyridine rings is 1. The predicted molar refractivity (Wildman–Crippen MR) is 248 cm³/mol. The van der Waals surface area contributed by atoms with E-state index in [-0.39, 0.29) is 0 Å². The van der Waals surface area contributed by atoms with Crippen molar-refractivity contribution in [1.82, 2.24) is 18.4 Å². The molecule has 0 aliphatic rings. The van der Waals surface area contributed by atoms with Crippen LogP contribution in [0.1, 0.15) is 0 Å². The normalized spacial score (nSPS) is 12.7. The Morgan fingerprint density at radius 2 is 1.00 bits per heavy atom. The van der Waals surface area contributed by atoms with E-state index >= 15 is 0 Å². The molecule has 59 heavy (non-hydrogen) atoms. The molecule has 4 nitrogen and oxygen atoms in total. The van der Waals surface area contributed by atoms with Crippen molar-refractivity contribution in [2.75, 3.05) is 0 Å². The van der Waals surface area contributed by atoms with Crippen molar-refractivity contribution < 1.29 is 0 Å². The van der Waals surface area contributed by atoms with Crippen LogP contribution >= 0.6 is 0 Å². The predicted octanol–water partition coefficient (Wildman–Crippen LogP) is 14.5. The largest absolute Gasteiger partial charge is 0.309 e. The van der Waals surface area contributed by atoms with Crippen LogP contribution in [0.25, 0.3) is 136 Å². The summed E-state index contributed by atoms with van der Waals surface area (Å²) in [6.07, 6.45) is 2.14. The zero-order valence-electron chi connectivity index (χ0n) is 31.6. The summed E-state index contributed by atoms with van der Waals surface area (Å²) in [5, 5.41) is 17.6. The molecule has 0 fully saturated rings. The summed E-state index contributed by atoms with van der Waals surface area (Å²) in [7, 11) is 0. The van der Waals surface area contributed by atoms with Crippen LogP contribution in [0, 0.1) is 0 Å². The first-order valence-electron chi connectivity index (χ1n) is 20.4. The van der Waals surface area contributed by atoms with E-state index < -0.39 is 0 Å². The van der Waals surface area contributed by atoms with Crippen molar-refractivity contribution in [3.63, 3.8) is 0 Å². The lowest BCUT2D eigenvalue weighted by atomic mass is 9.93. The summed E-state index contributed by atoms with van der Waals surface area (Å²) in [6.45, 7) is 0. The topological polar surface area (TPSA) is 26.6 Å². The van der Waals surface area contributed by atoms with Gasteiger partial charge in [-0.25, -0.2) is 4.98 Å². The average Bonchev–Trinajstić information content (AvgIpc) is 4.08. The smallest absolute Gasteiger partial charge is 0.146 e. The number of fused-ring (bicyclic) bond motifs is 19. The van der Waals surface area contributed by atoms with E-state index in [0.717, 1.165) is 16.9 Å². The van der Waals surface area contributed by atoms with Crippen LogP contribution in [-0.4, -0.2) is 18.4 Å². The summed E-state index contributed by atoms with van der Waals surface area (Å²) >= 11 is 0. The first-order valence-corrected chi connectivity index (χ1v) is 20.4. The van der Waals surface area contributed by atoms with Crippen molar-refractivity contribution >= 4 is 120 Å². The van der Waals surface area contributed by atoms with Crippen LogP contribution in [0.15, 0.2) is 182 Å². The number of rotatable bonds is 2. The van der Waals surface area contributed by atoms with E-state index in [4.69, 9.17) is 4.98 Å². The van der Waals surface area contributed by atoms with Gasteiger partial charge in [-0.05, 0) is 75.6 Å². The lowest BCUT2D eigenvalue weighted by molar-refractivity contribution is 1.18. The Labute approximate surface area is 335 Å². The Hall–Kier alpha value is -7.95. The Balaban J connectivity index is 1.13. The minimum Gasteiger partial charge on any atom is -0.309 e. The van der Waals surface area contributed by atoms with Gasteiger partial charge in [-0.1, -0.05) is 127 Å². The van der Waals surface area contributed by atoms with Gasteiger partial charge in [0, 0.05) is 65.1 Å². The highest BCUT2D eigenvalue weighted by Crippen LogP contribution is 2.50. The minimum atomic E-state index is 1.000. The van der Waals surface area contributed by atoms with E-state index in [2.05, 4.69) is 195 Å². The third-order valence-electron chi connectivity index (χ3n) is 13.5. The molecule has 0 unspecified atom stereocenters. The lowest BCUT2D eigenvalue weighted by Gasteiger charge is -2.12. The molecule has 270 valence electrons. The molecule has 15 aromatic rings. The van der Waals surface area contributed by atoms with Gasteiger partial charge < -0.3 is 8.97 Å². The molecule has 0 bridgehead atoms. The van der Waals surface area contributed by atoms with E-state index in [9.17, 15) is 0 Å². The highest BCUT2D eigenvalue weighted by Gasteiger charge is 2.27. The SMILES string of the molecule is c1ccc(-n2c3ccccc3c3cc(-c4c5ccccc5cc5c6cccc7c8c9c%10cc%11ccccc%11c%11c%12ccccc%12n(c9cnc8n(c45)c67)c%10%11)ccc32)cc1. The third-order valence-corrected chi connectivity index (χ3v) is 13.5. The van der Waals surface area contributed by atoms with Gasteiger partial charge in [0.2, 0.25) is 0 Å². The van der Waals surface area contributed by atoms with Gasteiger partial charge in [-0.15, -0.1) is 0 Å². The number of hydrogen-bond donors (Lipinski definition) is 0.